The summed E-state index contributed by atoms with van der Waals surface area (Å²) in [5.74, 6) is 0. The summed E-state index contributed by atoms with van der Waals surface area (Å²) in [5.41, 5.74) is 3.23. The second kappa shape index (κ2) is 2.97. The van der Waals surface area contributed by atoms with Crippen molar-refractivity contribution in [1.29, 1.82) is 0 Å². The lowest BCUT2D eigenvalue weighted by molar-refractivity contribution is 0.112. The molecule has 0 radical (unpaired) electrons. The van der Waals surface area contributed by atoms with Crippen LogP contribution in [-0.4, -0.2) is 12.8 Å². The number of fused-ring (bicyclic) bond motifs is 1. The lowest BCUT2D eigenvalue weighted by atomic mass is 10.0. The van der Waals surface area contributed by atoms with Gasteiger partial charge in [0.15, 0.2) is 0 Å². The number of carbonyl (C=O) groups is 1. The zero-order valence-corrected chi connectivity index (χ0v) is 6.84. The van der Waals surface area contributed by atoms with Crippen molar-refractivity contribution in [1.82, 2.24) is 0 Å². The Labute approximate surface area is 71.6 Å². The topological polar surface area (TPSA) is 29.1 Å². The molecule has 12 heavy (non-hydrogen) atoms. The van der Waals surface area contributed by atoms with Gasteiger partial charge in [0.05, 0.1) is 0 Å². The third-order valence-corrected chi connectivity index (χ3v) is 2.20. The number of aldehydes is 1. The highest BCUT2D eigenvalue weighted by Crippen LogP contribution is 2.21. The molecule has 0 fully saturated rings. The van der Waals surface area contributed by atoms with E-state index >= 15 is 0 Å². The van der Waals surface area contributed by atoms with Crippen LogP contribution in [0.5, 0.6) is 0 Å². The van der Waals surface area contributed by atoms with Crippen molar-refractivity contribution < 1.29 is 4.79 Å². The van der Waals surface area contributed by atoms with Crippen molar-refractivity contribution >= 4 is 12.0 Å². The van der Waals surface area contributed by atoms with E-state index < -0.39 is 0 Å². The molecule has 1 N–H and O–H groups in total. The van der Waals surface area contributed by atoms with Crippen molar-refractivity contribution in [3.8, 4) is 0 Å². The Balaban J connectivity index is 2.42. The van der Waals surface area contributed by atoms with Gasteiger partial charge in [-0.15, -0.1) is 0 Å². The fraction of sp³-hybridized carbons (Fsp3) is 0.300. The Bertz CT molecular complexity index is 307. The maximum Gasteiger partial charge on any atom is 0.150 e. The number of benzene rings is 1. The van der Waals surface area contributed by atoms with E-state index in [-0.39, 0.29) is 0 Å². The van der Waals surface area contributed by atoms with E-state index in [9.17, 15) is 4.79 Å². The quantitative estimate of drug-likeness (QED) is 0.637. The smallest absolute Gasteiger partial charge is 0.150 e. The monoisotopic (exact) mass is 161 g/mol. The summed E-state index contributed by atoms with van der Waals surface area (Å²) < 4.78 is 0. The minimum Gasteiger partial charge on any atom is -0.385 e. The van der Waals surface area contributed by atoms with Crippen LogP contribution >= 0.6 is 0 Å². The average Bonchev–Trinajstić information content (AvgIpc) is 2.17. The highest BCUT2D eigenvalue weighted by Gasteiger charge is 2.07. The van der Waals surface area contributed by atoms with Crippen molar-refractivity contribution in [2.45, 2.75) is 12.8 Å². The Morgan fingerprint density at radius 3 is 3.17 bits per heavy atom. The first-order valence-corrected chi connectivity index (χ1v) is 4.22. The number of anilines is 1. The van der Waals surface area contributed by atoms with E-state index in [1.54, 1.807) is 0 Å². The van der Waals surface area contributed by atoms with Gasteiger partial charge in [0, 0.05) is 17.8 Å². The molecule has 1 heterocycles. The van der Waals surface area contributed by atoms with Crippen LogP contribution in [0.3, 0.4) is 0 Å². The van der Waals surface area contributed by atoms with Crippen LogP contribution in [0.4, 0.5) is 5.69 Å². The van der Waals surface area contributed by atoms with Crippen molar-refractivity contribution in [2.24, 2.45) is 0 Å². The van der Waals surface area contributed by atoms with Crippen LogP contribution in [0.1, 0.15) is 22.3 Å². The molecule has 1 aromatic rings. The molecule has 0 saturated heterocycles. The van der Waals surface area contributed by atoms with E-state index in [4.69, 9.17) is 0 Å². The SMILES string of the molecule is O=Cc1ccc2c(c1)CCCN2. The van der Waals surface area contributed by atoms with Crippen LogP contribution in [0.2, 0.25) is 0 Å². The van der Waals surface area contributed by atoms with Crippen LogP contribution in [0, 0.1) is 0 Å². The molecule has 1 aliphatic rings. The molecule has 2 heteroatoms. The van der Waals surface area contributed by atoms with Gasteiger partial charge in [-0.2, -0.15) is 0 Å². The number of aryl methyl sites for hydroxylation is 1. The maximum absolute atomic E-state index is 10.5. The highest BCUT2D eigenvalue weighted by atomic mass is 16.1. The van der Waals surface area contributed by atoms with Crippen LogP contribution in [-0.2, 0) is 6.42 Å². The first kappa shape index (κ1) is 7.35. The summed E-state index contributed by atoms with van der Waals surface area (Å²) >= 11 is 0. The molecule has 0 spiro atoms. The minimum absolute atomic E-state index is 0.775. The fourth-order valence-corrected chi connectivity index (χ4v) is 1.57. The molecular weight excluding hydrogens is 150 g/mol. The predicted octanol–water partition coefficient (Wildman–Crippen LogP) is 1.86. The Morgan fingerprint density at radius 1 is 1.42 bits per heavy atom. The van der Waals surface area contributed by atoms with E-state index in [0.717, 1.165) is 31.2 Å². The number of nitrogens with one attached hydrogen (secondary N) is 1. The van der Waals surface area contributed by atoms with Crippen molar-refractivity contribution in [3.63, 3.8) is 0 Å². The van der Waals surface area contributed by atoms with Crippen LogP contribution < -0.4 is 5.32 Å². The molecule has 1 aliphatic heterocycles. The number of hydrogen-bond acceptors (Lipinski definition) is 2. The lowest BCUT2D eigenvalue weighted by Crippen LogP contribution is -2.11. The Hall–Kier alpha value is -1.31. The maximum atomic E-state index is 10.5. The highest BCUT2D eigenvalue weighted by molar-refractivity contribution is 5.77. The average molecular weight is 161 g/mol. The molecule has 1 aromatic carbocycles. The number of rotatable bonds is 1. The fourth-order valence-electron chi connectivity index (χ4n) is 1.57. The summed E-state index contributed by atoms with van der Waals surface area (Å²) in [6.07, 6.45) is 3.15. The zero-order valence-electron chi connectivity index (χ0n) is 6.84. The first-order valence-electron chi connectivity index (χ1n) is 4.22. The van der Waals surface area contributed by atoms with Crippen molar-refractivity contribution in [2.75, 3.05) is 11.9 Å². The van der Waals surface area contributed by atoms with Gasteiger partial charge in [-0.1, -0.05) is 0 Å². The summed E-state index contributed by atoms with van der Waals surface area (Å²) in [5, 5.41) is 3.30. The normalized spacial score (nSPS) is 14.7. The summed E-state index contributed by atoms with van der Waals surface area (Å²) in [4.78, 5) is 10.5. The third-order valence-electron chi connectivity index (χ3n) is 2.20. The number of hydrogen-bond donors (Lipinski definition) is 1. The molecular formula is C10H11NO. The minimum atomic E-state index is 0.775. The molecule has 2 nitrogen and oxygen atoms in total. The van der Waals surface area contributed by atoms with Gasteiger partial charge in [0.1, 0.15) is 6.29 Å². The molecule has 0 aromatic heterocycles. The standard InChI is InChI=1S/C10H11NO/c12-7-8-3-4-10-9(6-8)2-1-5-11-10/h3-4,6-7,11H,1-2,5H2. The Morgan fingerprint density at radius 2 is 2.33 bits per heavy atom. The van der Waals surface area contributed by atoms with Gasteiger partial charge in [-0.05, 0) is 36.6 Å². The molecule has 0 atom stereocenters. The lowest BCUT2D eigenvalue weighted by Gasteiger charge is -2.17. The van der Waals surface area contributed by atoms with E-state index in [0.29, 0.717) is 0 Å². The molecule has 0 bridgehead atoms. The Kier molecular flexibility index (Phi) is 1.82. The van der Waals surface area contributed by atoms with Crippen LogP contribution in [0.25, 0.3) is 0 Å². The second-order valence-electron chi connectivity index (χ2n) is 3.06. The number of carbonyl (C=O) groups excluding carboxylic acids is 1. The third kappa shape index (κ3) is 1.20. The summed E-state index contributed by atoms with van der Waals surface area (Å²) in [6, 6.07) is 5.80. The van der Waals surface area contributed by atoms with Gasteiger partial charge in [0.2, 0.25) is 0 Å². The molecule has 0 saturated carbocycles. The summed E-state index contributed by atoms with van der Waals surface area (Å²) in [6.45, 7) is 1.05. The van der Waals surface area contributed by atoms with Gasteiger partial charge in [-0.25, -0.2) is 0 Å². The van der Waals surface area contributed by atoms with E-state index in [1.165, 1.54) is 11.3 Å². The van der Waals surface area contributed by atoms with Gasteiger partial charge in [0.25, 0.3) is 0 Å². The molecule has 2 rings (SSSR count). The zero-order chi connectivity index (χ0) is 8.39. The van der Waals surface area contributed by atoms with Crippen molar-refractivity contribution in [3.05, 3.63) is 29.3 Å². The van der Waals surface area contributed by atoms with Crippen LogP contribution in [0.15, 0.2) is 18.2 Å². The molecule has 0 unspecified atom stereocenters. The van der Waals surface area contributed by atoms with Gasteiger partial charge in [-0.3, -0.25) is 4.79 Å². The largest absolute Gasteiger partial charge is 0.385 e. The molecule has 0 amide bonds. The summed E-state index contributed by atoms with van der Waals surface area (Å²) in [7, 11) is 0. The first-order chi connectivity index (χ1) is 5.90. The van der Waals surface area contributed by atoms with E-state index in [2.05, 4.69) is 5.32 Å². The molecule has 0 aliphatic carbocycles. The van der Waals surface area contributed by atoms with E-state index in [1.807, 2.05) is 18.2 Å². The second-order valence-corrected chi connectivity index (χ2v) is 3.06. The predicted molar refractivity (Wildman–Crippen MR) is 48.6 cm³/mol. The van der Waals surface area contributed by atoms with Gasteiger partial charge < -0.3 is 5.32 Å². The van der Waals surface area contributed by atoms with Gasteiger partial charge >= 0.3 is 0 Å². The molecule has 62 valence electrons.